The van der Waals surface area contributed by atoms with Gasteiger partial charge >= 0.3 is 0 Å². The molecule has 0 heterocycles. The van der Waals surface area contributed by atoms with Gasteiger partial charge in [0.2, 0.25) is 0 Å². The fourth-order valence-corrected chi connectivity index (χ4v) is 0.541. The lowest BCUT2D eigenvalue weighted by atomic mass is 10.0. The standard InChI is InChI=1S/C9H15F.2C2H6/c1-7(2)6-8(3)9(4,5)10;2*1-2/h6H,1H2,2-5H3;2*1-2H3/b8-6+;;. The first kappa shape index (κ1) is 19.1. The molecule has 0 unspecified atom stereocenters. The van der Waals surface area contributed by atoms with E-state index in [1.54, 1.807) is 26.8 Å². The van der Waals surface area contributed by atoms with Gasteiger partial charge in [-0.1, -0.05) is 45.9 Å². The van der Waals surface area contributed by atoms with Gasteiger partial charge in [-0.15, -0.1) is 0 Å². The zero-order valence-corrected chi connectivity index (χ0v) is 11.2. The van der Waals surface area contributed by atoms with Gasteiger partial charge in [0, 0.05) is 0 Å². The van der Waals surface area contributed by atoms with E-state index < -0.39 is 5.67 Å². The van der Waals surface area contributed by atoms with E-state index in [-0.39, 0.29) is 0 Å². The molecule has 0 amide bonds. The summed E-state index contributed by atoms with van der Waals surface area (Å²) in [4.78, 5) is 0. The molecule has 0 fully saturated rings. The second-order valence-corrected chi connectivity index (χ2v) is 3.15. The summed E-state index contributed by atoms with van der Waals surface area (Å²) in [5.41, 5.74) is 0.405. The van der Waals surface area contributed by atoms with Gasteiger partial charge < -0.3 is 0 Å². The van der Waals surface area contributed by atoms with Crippen molar-refractivity contribution in [1.82, 2.24) is 0 Å². The summed E-state index contributed by atoms with van der Waals surface area (Å²) >= 11 is 0. The van der Waals surface area contributed by atoms with Crippen molar-refractivity contribution in [2.45, 2.75) is 61.1 Å². The minimum absolute atomic E-state index is 0.722. The summed E-state index contributed by atoms with van der Waals surface area (Å²) in [6.07, 6.45) is 1.76. The van der Waals surface area contributed by atoms with Crippen LogP contribution >= 0.6 is 0 Å². The van der Waals surface area contributed by atoms with Crippen LogP contribution in [0.4, 0.5) is 4.39 Å². The average Bonchev–Trinajstić information content (AvgIpc) is 2.09. The lowest BCUT2D eigenvalue weighted by Gasteiger charge is -2.14. The molecule has 0 aromatic heterocycles. The van der Waals surface area contributed by atoms with E-state index in [1.807, 2.05) is 34.6 Å². The average molecular weight is 202 g/mol. The first-order chi connectivity index (χ1) is 6.34. The Bertz CT molecular complexity index is 159. The Balaban J connectivity index is -0.000000266. The van der Waals surface area contributed by atoms with Crippen LogP contribution in [-0.4, -0.2) is 5.67 Å². The third-order valence-corrected chi connectivity index (χ3v) is 1.40. The summed E-state index contributed by atoms with van der Waals surface area (Å²) in [6, 6.07) is 0. The molecule has 0 aromatic carbocycles. The molecule has 0 aliphatic rings. The summed E-state index contributed by atoms with van der Waals surface area (Å²) in [7, 11) is 0. The molecule has 0 nitrogen and oxygen atoms in total. The van der Waals surface area contributed by atoms with Gasteiger partial charge in [0.25, 0.3) is 0 Å². The quantitative estimate of drug-likeness (QED) is 0.532. The Morgan fingerprint density at radius 3 is 1.43 bits per heavy atom. The van der Waals surface area contributed by atoms with Crippen molar-refractivity contribution in [3.63, 3.8) is 0 Å². The molecule has 0 aromatic rings. The van der Waals surface area contributed by atoms with E-state index in [4.69, 9.17) is 0 Å². The lowest BCUT2D eigenvalue weighted by Crippen LogP contribution is -2.13. The summed E-state index contributed by atoms with van der Waals surface area (Å²) in [5.74, 6) is 0. The van der Waals surface area contributed by atoms with Crippen molar-refractivity contribution in [1.29, 1.82) is 0 Å². The van der Waals surface area contributed by atoms with E-state index in [0.29, 0.717) is 0 Å². The highest BCUT2D eigenvalue weighted by atomic mass is 19.1. The van der Waals surface area contributed by atoms with Gasteiger partial charge in [-0.2, -0.15) is 0 Å². The number of halogens is 1. The lowest BCUT2D eigenvalue weighted by molar-refractivity contribution is 0.268. The molecular weight excluding hydrogens is 175 g/mol. The normalized spacial score (nSPS) is 10.5. The Labute approximate surface area is 89.9 Å². The molecule has 0 atom stereocenters. The van der Waals surface area contributed by atoms with Gasteiger partial charge in [-0.05, 0) is 33.3 Å². The molecule has 86 valence electrons. The second kappa shape index (κ2) is 10.5. The van der Waals surface area contributed by atoms with Crippen molar-refractivity contribution < 1.29 is 4.39 Å². The molecule has 0 saturated carbocycles. The molecule has 0 radical (unpaired) electrons. The minimum Gasteiger partial charge on any atom is -0.240 e. The van der Waals surface area contributed by atoms with Crippen molar-refractivity contribution in [2.24, 2.45) is 0 Å². The number of hydrogen-bond donors (Lipinski definition) is 0. The zero-order chi connectivity index (χ0) is 12.4. The van der Waals surface area contributed by atoms with Crippen molar-refractivity contribution in [3.8, 4) is 0 Å². The van der Waals surface area contributed by atoms with Crippen LogP contribution in [0.25, 0.3) is 0 Å². The number of alkyl halides is 1. The van der Waals surface area contributed by atoms with E-state index in [2.05, 4.69) is 6.58 Å². The predicted octanol–water partition coefficient (Wildman–Crippen LogP) is 5.31. The SMILES string of the molecule is C=C(C)/C=C(\C)C(C)(C)F.CC.CC. The maximum atomic E-state index is 13.0. The fraction of sp³-hybridized carbons (Fsp3) is 0.692. The molecule has 0 spiro atoms. The van der Waals surface area contributed by atoms with Crippen LogP contribution in [0.1, 0.15) is 55.4 Å². The first-order valence-corrected chi connectivity index (χ1v) is 5.37. The Hall–Kier alpha value is -0.590. The van der Waals surface area contributed by atoms with Gasteiger partial charge in [-0.3, -0.25) is 0 Å². The summed E-state index contributed by atoms with van der Waals surface area (Å²) in [6.45, 7) is 18.4. The van der Waals surface area contributed by atoms with Gasteiger partial charge in [0.15, 0.2) is 0 Å². The van der Waals surface area contributed by atoms with Crippen LogP contribution in [0.5, 0.6) is 0 Å². The van der Waals surface area contributed by atoms with Crippen LogP contribution in [0.2, 0.25) is 0 Å². The predicted molar refractivity (Wildman–Crippen MR) is 66.5 cm³/mol. The van der Waals surface area contributed by atoms with Crippen molar-refractivity contribution in [2.75, 3.05) is 0 Å². The van der Waals surface area contributed by atoms with E-state index in [9.17, 15) is 4.39 Å². The Kier molecular flexibility index (Phi) is 14.3. The van der Waals surface area contributed by atoms with Crippen LogP contribution in [0, 0.1) is 0 Å². The maximum absolute atomic E-state index is 13.0. The molecule has 0 rings (SSSR count). The minimum atomic E-state index is -1.21. The highest BCUT2D eigenvalue weighted by Gasteiger charge is 2.16. The van der Waals surface area contributed by atoms with Gasteiger partial charge in [0.1, 0.15) is 5.67 Å². The molecule has 0 N–H and O–H groups in total. The third kappa shape index (κ3) is 14.0. The topological polar surface area (TPSA) is 0 Å². The Morgan fingerprint density at radius 2 is 1.36 bits per heavy atom. The van der Waals surface area contributed by atoms with Gasteiger partial charge in [-0.25, -0.2) is 4.39 Å². The summed E-state index contributed by atoms with van der Waals surface area (Å²) in [5, 5.41) is 0. The van der Waals surface area contributed by atoms with Crippen molar-refractivity contribution in [3.05, 3.63) is 23.8 Å². The van der Waals surface area contributed by atoms with E-state index >= 15 is 0 Å². The van der Waals surface area contributed by atoms with E-state index in [1.165, 1.54) is 0 Å². The van der Waals surface area contributed by atoms with E-state index in [0.717, 1.165) is 11.1 Å². The molecule has 0 bridgehead atoms. The third-order valence-electron chi connectivity index (χ3n) is 1.40. The summed E-state index contributed by atoms with van der Waals surface area (Å²) < 4.78 is 13.0. The molecule has 0 saturated heterocycles. The van der Waals surface area contributed by atoms with Crippen LogP contribution in [-0.2, 0) is 0 Å². The fourth-order valence-electron chi connectivity index (χ4n) is 0.541. The first-order valence-electron chi connectivity index (χ1n) is 5.37. The second-order valence-electron chi connectivity index (χ2n) is 3.15. The molecule has 0 aliphatic carbocycles. The van der Waals surface area contributed by atoms with Crippen LogP contribution < -0.4 is 0 Å². The van der Waals surface area contributed by atoms with Crippen LogP contribution in [0.15, 0.2) is 23.8 Å². The smallest absolute Gasteiger partial charge is 0.126 e. The monoisotopic (exact) mass is 202 g/mol. The molecule has 14 heavy (non-hydrogen) atoms. The molecule has 0 aliphatic heterocycles. The number of allylic oxidation sites excluding steroid dienone is 3. The molecule has 1 heteroatoms. The van der Waals surface area contributed by atoms with Crippen molar-refractivity contribution >= 4 is 0 Å². The molecular formula is C13H27F. The largest absolute Gasteiger partial charge is 0.240 e. The number of hydrogen-bond acceptors (Lipinski definition) is 0. The highest BCUT2D eigenvalue weighted by molar-refractivity contribution is 5.22. The van der Waals surface area contributed by atoms with Gasteiger partial charge in [0.05, 0.1) is 0 Å². The maximum Gasteiger partial charge on any atom is 0.126 e. The zero-order valence-electron chi connectivity index (χ0n) is 11.2. The Morgan fingerprint density at radius 1 is 1.07 bits per heavy atom. The number of rotatable bonds is 2. The highest BCUT2D eigenvalue weighted by Crippen LogP contribution is 2.20. The van der Waals surface area contributed by atoms with Crippen LogP contribution in [0.3, 0.4) is 0 Å².